The number of rotatable bonds is 48. The summed E-state index contributed by atoms with van der Waals surface area (Å²) in [4.78, 5) is 54.1. The smallest absolute Gasteiger partial charge is 0.333 e. The first-order chi connectivity index (χ1) is 48.7. The number of pyridine rings is 1. The van der Waals surface area contributed by atoms with Crippen molar-refractivity contribution in [3.05, 3.63) is 95.7 Å². The number of oxazole rings is 1. The third kappa shape index (κ3) is 34.9. The van der Waals surface area contributed by atoms with Crippen molar-refractivity contribution in [3.63, 3.8) is 0 Å². The lowest BCUT2D eigenvalue weighted by atomic mass is 9.93. The number of hydrogen-bond acceptors (Lipinski definition) is 20. The number of aryl methyl sites for hydroxylation is 3. The average Bonchev–Trinajstić information content (AvgIpc) is 1.68. The summed E-state index contributed by atoms with van der Waals surface area (Å²) in [6.45, 7) is 23.0. The van der Waals surface area contributed by atoms with E-state index in [4.69, 9.17) is 23.2 Å². The van der Waals surface area contributed by atoms with Crippen molar-refractivity contribution in [2.45, 2.75) is 229 Å². The van der Waals surface area contributed by atoms with Gasteiger partial charge in [-0.2, -0.15) is 18.7 Å². The first-order valence-corrected chi connectivity index (χ1v) is 39.3. The highest BCUT2D eigenvalue weighted by Gasteiger charge is 2.17. The van der Waals surface area contributed by atoms with Crippen molar-refractivity contribution in [1.29, 1.82) is 0 Å². The maximum absolute atomic E-state index is 12.7. The lowest BCUT2D eigenvalue weighted by molar-refractivity contribution is -0.160. The van der Waals surface area contributed by atoms with E-state index in [9.17, 15) is 14.4 Å². The lowest BCUT2D eigenvalue weighted by Crippen LogP contribution is -2.44. The predicted octanol–water partition coefficient (Wildman–Crippen LogP) is 19.1. The van der Waals surface area contributed by atoms with Gasteiger partial charge in [-0.1, -0.05) is 194 Å². The SMILES string of the molecule is CCCC(C)CCCCC(CCC(C)CCC)NC(=O)NNc1nc(-c2cccc(NOOSC)c2)ns1.CCCCCCCCC(CCCCCC)COCCCNC(=O)NNc1snc2ccc(CC)cc12.Cc1ccc(OCCCNC(=O)NNc2nc3cccnc3o2)c(C)c1. The second-order valence-corrected chi connectivity index (χ2v) is 27.7. The zero-order valence-electron chi connectivity index (χ0n) is 61.3. The number of aromatic nitrogens is 5. The molecule has 3 aromatic carbocycles. The standard InChI is InChI=1S/C29H50N4O2S.C27H46N6O3S2.C18H21N5O3/c1-4-7-9-11-12-14-17-25(16-13-10-8-5-2)23-35-21-15-20-30-29(34)32-31-28-26-22-24(6-3)18-19-27(26)33-36-28;1-6-11-20(3)13-8-9-15-23(18-17-21(4)12-7-2)28-26(34)30-31-27-29-25(33-38-27)22-14-10-16-24(19-22)32-35-36-37-5;1-12-6-7-15(13(2)11-12)25-10-4-9-20-17(24)22-23-18-21-14-5-3-8-19-16(14)26-18/h18-19,22,25,31H,4-17,20-21,23H2,1-3H3,(H2,30,32,34);10,14,16,19-21,23,32H,6-9,11-13,15,17-18H2,1-5H3,(H2,28,30,34)(H,29,31,33);3,5-8,11H,4,9-10H2,1-2H3,(H,21,23)(H2,20,22,24). The van der Waals surface area contributed by atoms with Crippen LogP contribution >= 0.6 is 35.1 Å². The van der Waals surface area contributed by atoms with Gasteiger partial charge in [-0.05, 0) is 148 Å². The number of fused-ring (bicyclic) bond motifs is 2. The number of carbonyl (C=O) groups excluding carboxylic acids is 3. The van der Waals surface area contributed by atoms with E-state index in [1.165, 1.54) is 150 Å². The van der Waals surface area contributed by atoms with Crippen LogP contribution in [0.15, 0.2) is 83.4 Å². The summed E-state index contributed by atoms with van der Waals surface area (Å²) < 4.78 is 30.7. The van der Waals surface area contributed by atoms with Gasteiger partial charge in [0, 0.05) is 79.3 Å². The van der Waals surface area contributed by atoms with Crippen LogP contribution in [0.2, 0.25) is 0 Å². The number of urea groups is 3. The first-order valence-electron chi connectivity index (χ1n) is 36.6. The van der Waals surface area contributed by atoms with Crippen molar-refractivity contribution in [2.75, 3.05) is 60.9 Å². The molecule has 10 N–H and O–H groups in total. The number of nitrogens with zero attached hydrogens (tertiary/aromatic N) is 5. The number of unbranched alkanes of at least 4 members (excludes halogenated alkanes) is 9. The Labute approximate surface area is 607 Å². The molecule has 7 aromatic rings. The van der Waals surface area contributed by atoms with Crippen LogP contribution in [-0.2, 0) is 20.5 Å². The van der Waals surface area contributed by atoms with Crippen molar-refractivity contribution >= 4 is 97.2 Å². The first kappa shape index (κ1) is 83.4. The number of amides is 6. The molecule has 4 aromatic heterocycles. The van der Waals surface area contributed by atoms with E-state index in [1.54, 1.807) is 24.6 Å². The number of ether oxygens (including phenoxy) is 2. The maximum atomic E-state index is 12.7. The van der Waals surface area contributed by atoms with Gasteiger partial charge in [0.05, 0.1) is 17.8 Å². The Balaban J connectivity index is 0.000000275. The summed E-state index contributed by atoms with van der Waals surface area (Å²) in [7, 11) is 0. The highest BCUT2D eigenvalue weighted by molar-refractivity contribution is 7.93. The van der Waals surface area contributed by atoms with Crippen LogP contribution in [-0.4, -0.2) is 87.0 Å². The zero-order chi connectivity index (χ0) is 71.8. The number of anilines is 4. The van der Waals surface area contributed by atoms with Crippen LogP contribution in [0, 0.1) is 31.6 Å². The monoisotopic (exact) mass is 1440 g/mol. The van der Waals surface area contributed by atoms with E-state index >= 15 is 0 Å². The minimum absolute atomic E-state index is 0.162. The highest BCUT2D eigenvalue weighted by atomic mass is 32.2. The molecule has 0 fully saturated rings. The third-order valence-corrected chi connectivity index (χ3v) is 18.5. The van der Waals surface area contributed by atoms with Crippen LogP contribution in [0.5, 0.6) is 5.75 Å². The van der Waals surface area contributed by atoms with Crippen LogP contribution < -0.4 is 58.7 Å². The molecule has 0 radical (unpaired) electrons. The second kappa shape index (κ2) is 51.0. The Morgan fingerprint density at radius 2 is 1.30 bits per heavy atom. The average molecular weight is 1440 g/mol. The number of nitrogens with one attached hydrogen (secondary N) is 10. The van der Waals surface area contributed by atoms with E-state index < -0.39 is 0 Å². The van der Waals surface area contributed by atoms with Crippen LogP contribution in [0.3, 0.4) is 0 Å². The maximum Gasteiger partial charge on any atom is 0.333 e. The molecule has 26 heteroatoms. The lowest BCUT2D eigenvalue weighted by Gasteiger charge is -2.21. The predicted molar refractivity (Wildman–Crippen MR) is 412 cm³/mol. The quantitative estimate of drug-likeness (QED) is 0.00734. The van der Waals surface area contributed by atoms with Gasteiger partial charge in [0.2, 0.25) is 10.8 Å². The summed E-state index contributed by atoms with van der Waals surface area (Å²) in [5, 5.41) is 11.2. The molecule has 4 atom stereocenters. The van der Waals surface area contributed by atoms with Gasteiger partial charge in [0.25, 0.3) is 0 Å². The molecule has 4 unspecified atom stereocenters. The van der Waals surface area contributed by atoms with E-state index in [1.807, 2.05) is 56.3 Å². The summed E-state index contributed by atoms with van der Waals surface area (Å²) in [6, 6.07) is 22.8. The van der Waals surface area contributed by atoms with Crippen molar-refractivity contribution in [3.8, 4) is 17.1 Å². The van der Waals surface area contributed by atoms with E-state index in [2.05, 4.69) is 144 Å². The fourth-order valence-electron chi connectivity index (χ4n) is 11.3. The van der Waals surface area contributed by atoms with E-state index in [-0.39, 0.29) is 30.1 Å². The normalized spacial score (nSPS) is 12.2. The fraction of sp³-hybridized carbons (Fsp3) is 0.595. The molecule has 6 amide bonds. The Morgan fingerprint density at radius 3 is 2.02 bits per heavy atom. The van der Waals surface area contributed by atoms with Crippen molar-refractivity contribution in [1.82, 2.24) is 55.9 Å². The summed E-state index contributed by atoms with van der Waals surface area (Å²) in [5.74, 6) is 3.55. The molecule has 0 bridgehead atoms. The number of hydrogen-bond donors (Lipinski definition) is 10. The molecule has 23 nitrogen and oxygen atoms in total. The number of hydrazine groups is 3. The Bertz CT molecular complexity index is 3300. The summed E-state index contributed by atoms with van der Waals surface area (Å²) in [5.41, 5.74) is 26.2. The van der Waals surface area contributed by atoms with Crippen LogP contribution in [0.25, 0.3) is 33.5 Å². The highest BCUT2D eigenvalue weighted by Crippen LogP contribution is 2.29. The Morgan fingerprint density at radius 1 is 0.610 bits per heavy atom. The molecule has 0 saturated carbocycles. The molecule has 0 aliphatic heterocycles. The van der Waals surface area contributed by atoms with Gasteiger partial charge in [0.1, 0.15) is 16.3 Å². The molecule has 0 aliphatic rings. The van der Waals surface area contributed by atoms with Gasteiger partial charge >= 0.3 is 24.1 Å². The van der Waals surface area contributed by atoms with Crippen molar-refractivity contribution in [2.24, 2.45) is 17.8 Å². The topological polar surface area (TPSA) is 286 Å². The Kier molecular flexibility index (Phi) is 42.5. The molecule has 0 saturated heterocycles. The molecule has 554 valence electrons. The van der Waals surface area contributed by atoms with Crippen LogP contribution in [0.4, 0.5) is 36.2 Å². The van der Waals surface area contributed by atoms with Gasteiger partial charge in [-0.25, -0.2) is 41.1 Å². The minimum Gasteiger partial charge on any atom is -0.493 e. The molecule has 4 heterocycles. The molecular formula is C74H117N15O8S3. The van der Waals surface area contributed by atoms with Gasteiger partial charge in [-0.3, -0.25) is 16.3 Å². The molecular weight excluding hydrogens is 1320 g/mol. The number of carbonyl (C=O) groups is 3. The summed E-state index contributed by atoms with van der Waals surface area (Å²) in [6.07, 6.45) is 33.5. The second-order valence-electron chi connectivity index (χ2n) is 25.7. The Hall–Kier alpha value is -7.23. The summed E-state index contributed by atoms with van der Waals surface area (Å²) >= 11 is 3.63. The van der Waals surface area contributed by atoms with Crippen LogP contribution in [0.1, 0.15) is 219 Å². The zero-order valence-corrected chi connectivity index (χ0v) is 63.7. The van der Waals surface area contributed by atoms with Crippen molar-refractivity contribution < 1.29 is 37.6 Å². The fourth-order valence-corrected chi connectivity index (χ4v) is 12.7. The minimum atomic E-state index is -0.383. The molecule has 0 spiro atoms. The number of benzene rings is 3. The van der Waals surface area contributed by atoms with E-state index in [0.717, 1.165) is 95.9 Å². The molecule has 7 rings (SSSR count). The van der Waals surface area contributed by atoms with Gasteiger partial charge in [-0.15, -0.1) is 9.32 Å². The molecule has 100 heavy (non-hydrogen) atoms. The van der Waals surface area contributed by atoms with Gasteiger partial charge in [0.15, 0.2) is 5.82 Å². The van der Waals surface area contributed by atoms with Gasteiger partial charge < -0.3 is 29.8 Å². The van der Waals surface area contributed by atoms with E-state index in [0.29, 0.717) is 72.4 Å². The third-order valence-electron chi connectivity index (χ3n) is 16.9. The largest absolute Gasteiger partial charge is 0.493 e. The molecule has 0 aliphatic carbocycles.